The first kappa shape index (κ1) is 26.7. The van der Waals surface area contributed by atoms with E-state index >= 15 is 0 Å². The average molecular weight is 524 g/mol. The monoisotopic (exact) mass is 523 g/mol. The molecule has 0 saturated carbocycles. The van der Waals surface area contributed by atoms with Crippen LogP contribution in [0.5, 0.6) is 0 Å². The summed E-state index contributed by atoms with van der Waals surface area (Å²) in [4.78, 5) is 41.3. The number of ketones is 1. The van der Waals surface area contributed by atoms with E-state index in [9.17, 15) is 27.6 Å². The number of nitrogens with zero attached hydrogens (tertiary/aromatic N) is 3. The lowest BCUT2D eigenvalue weighted by atomic mass is 10.1. The number of benzene rings is 2. The molecule has 190 valence electrons. The van der Waals surface area contributed by atoms with Gasteiger partial charge >= 0.3 is 12.3 Å². The van der Waals surface area contributed by atoms with Gasteiger partial charge < -0.3 is 10.1 Å². The lowest BCUT2D eigenvalue weighted by molar-refractivity contribution is -0.137. The largest absolute Gasteiger partial charge is 0.444 e. The molecule has 0 fully saturated rings. The Hall–Kier alpha value is -3.93. The maximum Gasteiger partial charge on any atom is 0.417 e. The molecule has 0 atom stereocenters. The molecule has 1 heterocycles. The Balaban J connectivity index is 1.83. The van der Waals surface area contributed by atoms with E-state index in [1.165, 1.54) is 29.5 Å². The van der Waals surface area contributed by atoms with Gasteiger partial charge in [-0.1, -0.05) is 23.7 Å². The topological polar surface area (TPSA) is 115 Å². The zero-order valence-electron chi connectivity index (χ0n) is 19.3. The van der Waals surface area contributed by atoms with Crippen molar-refractivity contribution < 1.29 is 32.3 Å². The standard InChI is InChI=1S/C23H21ClF3N5O4/c1-22(2,3)36-21(35)31-18-9-16(24)15(23(25,26)27)8-17(18)30-20(34)10-19(33)13-5-4-6-14(7-13)32-12-28-11-29-32/h4-9,11-12H,10H2,1-3H3,(H,30,34)(H,31,35). The minimum Gasteiger partial charge on any atom is -0.444 e. The van der Waals surface area contributed by atoms with E-state index in [0.717, 1.165) is 6.07 Å². The molecule has 1 aromatic heterocycles. The Labute approximate surface area is 208 Å². The summed E-state index contributed by atoms with van der Waals surface area (Å²) >= 11 is 5.77. The molecule has 13 heteroatoms. The van der Waals surface area contributed by atoms with Gasteiger partial charge in [0.15, 0.2) is 5.78 Å². The van der Waals surface area contributed by atoms with Gasteiger partial charge in [0, 0.05) is 5.56 Å². The number of alkyl halides is 3. The quantitative estimate of drug-likeness (QED) is 0.326. The molecule has 3 aromatic rings. The number of carbonyl (C=O) groups is 3. The number of hydrogen-bond acceptors (Lipinski definition) is 6. The number of rotatable bonds is 6. The third-order valence-corrected chi connectivity index (χ3v) is 4.81. The first-order chi connectivity index (χ1) is 16.7. The molecule has 2 N–H and O–H groups in total. The molecule has 9 nitrogen and oxygen atoms in total. The van der Waals surface area contributed by atoms with Gasteiger partial charge in [0.1, 0.15) is 18.3 Å². The second-order valence-corrected chi connectivity index (χ2v) is 8.95. The normalized spacial score (nSPS) is 11.6. The van der Waals surface area contributed by atoms with Crippen LogP contribution in [-0.2, 0) is 15.7 Å². The van der Waals surface area contributed by atoms with Crippen LogP contribution < -0.4 is 10.6 Å². The Morgan fingerprint density at radius 1 is 1.06 bits per heavy atom. The summed E-state index contributed by atoms with van der Waals surface area (Å²) in [5, 5.41) is 7.78. The second-order valence-electron chi connectivity index (χ2n) is 8.54. The van der Waals surface area contributed by atoms with E-state index in [4.69, 9.17) is 16.3 Å². The number of amides is 2. The predicted octanol–water partition coefficient (Wildman–Crippen LogP) is 5.50. The van der Waals surface area contributed by atoms with Gasteiger partial charge in [0.25, 0.3) is 0 Å². The van der Waals surface area contributed by atoms with Crippen molar-refractivity contribution in [3.8, 4) is 5.69 Å². The minimum atomic E-state index is -4.83. The maximum atomic E-state index is 13.4. The van der Waals surface area contributed by atoms with Gasteiger partial charge in [-0.25, -0.2) is 14.5 Å². The number of carbonyl (C=O) groups excluding carboxylic acids is 3. The Bertz CT molecular complexity index is 1290. The van der Waals surface area contributed by atoms with E-state index in [1.807, 2.05) is 0 Å². The fraction of sp³-hybridized carbons (Fsp3) is 0.261. The predicted molar refractivity (Wildman–Crippen MR) is 125 cm³/mol. The minimum absolute atomic E-state index is 0.178. The zero-order chi connectivity index (χ0) is 26.7. The summed E-state index contributed by atoms with van der Waals surface area (Å²) in [6.07, 6.45) is -3.76. The van der Waals surface area contributed by atoms with Gasteiger partial charge in [0.2, 0.25) is 5.91 Å². The second kappa shape index (κ2) is 10.4. The Morgan fingerprint density at radius 2 is 1.75 bits per heavy atom. The average Bonchev–Trinajstić information content (AvgIpc) is 3.28. The van der Waals surface area contributed by atoms with E-state index in [2.05, 4.69) is 20.7 Å². The van der Waals surface area contributed by atoms with Crippen molar-refractivity contribution in [1.82, 2.24) is 14.8 Å². The SMILES string of the molecule is CC(C)(C)OC(=O)Nc1cc(Cl)c(C(F)(F)F)cc1NC(=O)CC(=O)c1cccc(-n2cncn2)c1. The maximum absolute atomic E-state index is 13.4. The van der Waals surface area contributed by atoms with Crippen molar-refractivity contribution in [2.24, 2.45) is 0 Å². The number of Topliss-reactive ketones (excluding diaryl/α,β-unsaturated/α-hetero) is 1. The van der Waals surface area contributed by atoms with Crippen LogP contribution in [0, 0.1) is 0 Å². The molecule has 0 aliphatic rings. The van der Waals surface area contributed by atoms with E-state index < -0.39 is 52.3 Å². The van der Waals surface area contributed by atoms with Gasteiger partial charge in [-0.05, 0) is 45.0 Å². The Kier molecular flexibility index (Phi) is 7.68. The summed E-state index contributed by atoms with van der Waals surface area (Å²) in [7, 11) is 0. The van der Waals surface area contributed by atoms with Crippen LogP contribution in [0.15, 0.2) is 49.1 Å². The van der Waals surface area contributed by atoms with Crippen LogP contribution in [-0.4, -0.2) is 38.1 Å². The Morgan fingerprint density at radius 3 is 2.36 bits per heavy atom. The number of anilines is 2. The van der Waals surface area contributed by atoms with Crippen LogP contribution in [0.2, 0.25) is 5.02 Å². The lowest BCUT2D eigenvalue weighted by Gasteiger charge is -2.21. The molecular formula is C23H21ClF3N5O4. The summed E-state index contributed by atoms with van der Waals surface area (Å²) in [5.74, 6) is -1.50. The molecule has 0 unspecified atom stereocenters. The highest BCUT2D eigenvalue weighted by atomic mass is 35.5. The molecule has 2 amide bonds. The molecular weight excluding hydrogens is 503 g/mol. The van der Waals surface area contributed by atoms with Gasteiger partial charge in [0.05, 0.1) is 34.1 Å². The van der Waals surface area contributed by atoms with Gasteiger partial charge in [-0.2, -0.15) is 18.3 Å². The van der Waals surface area contributed by atoms with Crippen molar-refractivity contribution in [2.45, 2.75) is 39.0 Å². The first-order valence-electron chi connectivity index (χ1n) is 10.4. The highest BCUT2D eigenvalue weighted by Gasteiger charge is 2.34. The fourth-order valence-electron chi connectivity index (χ4n) is 3.02. The van der Waals surface area contributed by atoms with Crippen molar-refractivity contribution in [3.05, 3.63) is 65.2 Å². The molecule has 2 aromatic carbocycles. The lowest BCUT2D eigenvalue weighted by Crippen LogP contribution is -2.28. The molecule has 0 bridgehead atoms. The van der Waals surface area contributed by atoms with Crippen molar-refractivity contribution in [3.63, 3.8) is 0 Å². The number of aromatic nitrogens is 3. The number of ether oxygens (including phenoxy) is 1. The summed E-state index contributed by atoms with van der Waals surface area (Å²) in [6.45, 7) is 4.79. The van der Waals surface area contributed by atoms with Crippen molar-refractivity contribution in [1.29, 1.82) is 0 Å². The zero-order valence-corrected chi connectivity index (χ0v) is 20.1. The third kappa shape index (κ3) is 7.04. The van der Waals surface area contributed by atoms with Gasteiger partial charge in [-0.15, -0.1) is 0 Å². The molecule has 3 rings (SSSR count). The molecule has 0 aliphatic heterocycles. The molecule has 0 radical (unpaired) electrons. The highest BCUT2D eigenvalue weighted by molar-refractivity contribution is 6.32. The summed E-state index contributed by atoms with van der Waals surface area (Å²) < 4.78 is 46.7. The molecule has 0 spiro atoms. The summed E-state index contributed by atoms with van der Waals surface area (Å²) in [6, 6.07) is 7.64. The van der Waals surface area contributed by atoms with Crippen molar-refractivity contribution >= 4 is 40.8 Å². The number of hydrogen-bond donors (Lipinski definition) is 2. The van der Waals surface area contributed by atoms with Crippen LogP contribution in [0.25, 0.3) is 5.69 Å². The molecule has 0 saturated heterocycles. The van der Waals surface area contributed by atoms with E-state index in [1.54, 1.807) is 32.9 Å². The summed E-state index contributed by atoms with van der Waals surface area (Å²) in [5.41, 5.74) is -2.08. The van der Waals surface area contributed by atoms with Crippen LogP contribution in [0.3, 0.4) is 0 Å². The molecule has 36 heavy (non-hydrogen) atoms. The third-order valence-electron chi connectivity index (χ3n) is 4.49. The number of nitrogens with one attached hydrogen (secondary N) is 2. The highest BCUT2D eigenvalue weighted by Crippen LogP contribution is 2.39. The fourth-order valence-corrected chi connectivity index (χ4v) is 3.29. The van der Waals surface area contributed by atoms with Gasteiger partial charge in [-0.3, -0.25) is 14.9 Å². The van der Waals surface area contributed by atoms with Crippen LogP contribution >= 0.6 is 11.6 Å². The smallest absolute Gasteiger partial charge is 0.417 e. The molecule has 0 aliphatic carbocycles. The van der Waals surface area contributed by atoms with Crippen LogP contribution in [0.4, 0.5) is 29.3 Å². The van der Waals surface area contributed by atoms with E-state index in [-0.39, 0.29) is 11.3 Å². The first-order valence-corrected chi connectivity index (χ1v) is 10.8. The number of halogens is 4. The van der Waals surface area contributed by atoms with E-state index in [0.29, 0.717) is 11.8 Å². The van der Waals surface area contributed by atoms with Crippen LogP contribution in [0.1, 0.15) is 43.1 Å². The van der Waals surface area contributed by atoms with Crippen molar-refractivity contribution in [2.75, 3.05) is 10.6 Å².